The molecule has 38 heavy (non-hydrogen) atoms. The number of amides is 4. The molecular formula is C28H42BrN5O4. The predicted molar refractivity (Wildman–Crippen MR) is 154 cm³/mol. The Balaban J connectivity index is 2.36. The minimum absolute atomic E-state index is 0.0524. The van der Waals surface area contributed by atoms with E-state index in [1.807, 2.05) is 46.0 Å². The molecule has 9 nitrogen and oxygen atoms in total. The van der Waals surface area contributed by atoms with Crippen molar-refractivity contribution in [2.24, 2.45) is 11.8 Å². The average molecular weight is 593 g/mol. The van der Waals surface area contributed by atoms with Gasteiger partial charge in [0.15, 0.2) is 0 Å². The maximum Gasteiger partial charge on any atom is 0.407 e. The topological polar surface area (TPSA) is 103 Å². The Hall–Kier alpha value is -3.01. The number of alkyl carbamates (subject to hydrolysis) is 1. The summed E-state index contributed by atoms with van der Waals surface area (Å²) in [5, 5.41) is 8.85. The van der Waals surface area contributed by atoms with E-state index in [9.17, 15) is 14.4 Å². The lowest BCUT2D eigenvalue weighted by molar-refractivity contribution is -0.135. The van der Waals surface area contributed by atoms with Crippen LogP contribution in [0.25, 0.3) is 5.57 Å². The number of allylic oxidation sites excluding steroid dienone is 1. The highest BCUT2D eigenvalue weighted by molar-refractivity contribution is 9.10. The number of carbonyl (C=O) groups excluding carboxylic acids is 3. The van der Waals surface area contributed by atoms with E-state index in [4.69, 9.17) is 4.74 Å². The fourth-order valence-corrected chi connectivity index (χ4v) is 4.44. The Labute approximate surface area is 235 Å². The summed E-state index contributed by atoms with van der Waals surface area (Å²) in [6, 6.07) is 6.49. The number of hydrogen-bond acceptors (Lipinski definition) is 5. The van der Waals surface area contributed by atoms with Crippen molar-refractivity contribution in [2.75, 3.05) is 20.3 Å². The zero-order chi connectivity index (χ0) is 28.6. The van der Waals surface area contributed by atoms with Crippen LogP contribution in [-0.2, 0) is 9.53 Å². The maximum atomic E-state index is 13.7. The Morgan fingerprint density at radius 2 is 1.76 bits per heavy atom. The van der Waals surface area contributed by atoms with E-state index in [1.165, 1.54) is 7.11 Å². The first-order valence-corrected chi connectivity index (χ1v) is 13.8. The van der Waals surface area contributed by atoms with Crippen LogP contribution in [0, 0.1) is 11.8 Å². The van der Waals surface area contributed by atoms with Crippen LogP contribution in [0.3, 0.4) is 0 Å². The van der Waals surface area contributed by atoms with Gasteiger partial charge in [0.05, 0.1) is 26.4 Å². The van der Waals surface area contributed by atoms with Crippen LogP contribution >= 0.6 is 15.9 Å². The third-order valence-corrected chi connectivity index (χ3v) is 7.13. The molecule has 1 aliphatic rings. The Bertz CT molecular complexity index is 1020. The zero-order valence-corrected chi connectivity index (χ0v) is 25.1. The minimum atomic E-state index is -0.820. The summed E-state index contributed by atoms with van der Waals surface area (Å²) in [4.78, 5) is 41.7. The van der Waals surface area contributed by atoms with Crippen LogP contribution in [-0.4, -0.2) is 66.3 Å². The second-order valence-electron chi connectivity index (χ2n) is 10.2. The molecule has 0 spiro atoms. The molecule has 1 aromatic rings. The molecular weight excluding hydrogens is 550 g/mol. The summed E-state index contributed by atoms with van der Waals surface area (Å²) in [5.41, 5.74) is 2.78. The highest BCUT2D eigenvalue weighted by Crippen LogP contribution is 2.27. The van der Waals surface area contributed by atoms with Crippen molar-refractivity contribution < 1.29 is 19.1 Å². The standard InChI is InChI=1S/C28H42BrN5O4/c1-9-19(6)23(21-10-12-22(29)13-11-21)14-30-20(7)24-15-33(27(36)31-18(4)5)16-34(24)26(35)25(17(2)3)32-28(37)38-8/h10-14,17-19,24-25,30H,7,9,15-16H2,1-6,8H3,(H,31,36)(H,32,37)/b23-14+. The first-order valence-electron chi connectivity index (χ1n) is 13.0. The van der Waals surface area contributed by atoms with Gasteiger partial charge in [-0.15, -0.1) is 0 Å². The van der Waals surface area contributed by atoms with Gasteiger partial charge in [-0.2, -0.15) is 0 Å². The van der Waals surface area contributed by atoms with Gasteiger partial charge >= 0.3 is 12.1 Å². The van der Waals surface area contributed by atoms with Gasteiger partial charge in [-0.3, -0.25) is 4.79 Å². The second kappa shape index (κ2) is 14.2. The molecule has 210 valence electrons. The molecule has 10 heteroatoms. The van der Waals surface area contributed by atoms with Gasteiger partial charge in [0.25, 0.3) is 0 Å². The van der Waals surface area contributed by atoms with Gasteiger partial charge in [0, 0.05) is 22.4 Å². The van der Waals surface area contributed by atoms with Gasteiger partial charge in [-0.05, 0) is 55.4 Å². The molecule has 3 atom stereocenters. The largest absolute Gasteiger partial charge is 0.453 e. The van der Waals surface area contributed by atoms with Crippen LogP contribution in [0.15, 0.2) is 47.2 Å². The fourth-order valence-electron chi connectivity index (χ4n) is 4.17. The molecule has 2 rings (SSSR count). The molecule has 1 heterocycles. The highest BCUT2D eigenvalue weighted by atomic mass is 79.9. The number of ether oxygens (including phenoxy) is 1. The lowest BCUT2D eigenvalue weighted by Crippen LogP contribution is -2.53. The number of urea groups is 1. The Morgan fingerprint density at radius 3 is 2.29 bits per heavy atom. The molecule has 4 amide bonds. The summed E-state index contributed by atoms with van der Waals surface area (Å²) in [6.07, 6.45) is 2.20. The first kappa shape index (κ1) is 31.2. The van der Waals surface area contributed by atoms with Crippen molar-refractivity contribution >= 4 is 39.5 Å². The molecule has 1 fully saturated rings. The van der Waals surface area contributed by atoms with Gasteiger partial charge in [0.2, 0.25) is 5.91 Å². The summed E-state index contributed by atoms with van der Waals surface area (Å²) in [5.74, 6) is -0.228. The number of rotatable bonds is 10. The molecule has 0 radical (unpaired) electrons. The Kier molecular flexibility index (Phi) is 11.7. The van der Waals surface area contributed by atoms with E-state index in [-0.39, 0.29) is 43.0 Å². The quantitative estimate of drug-likeness (QED) is 0.359. The monoisotopic (exact) mass is 591 g/mol. The van der Waals surface area contributed by atoms with E-state index in [2.05, 4.69) is 64.4 Å². The lowest BCUT2D eigenvalue weighted by Gasteiger charge is -2.30. The highest BCUT2D eigenvalue weighted by Gasteiger charge is 2.41. The van der Waals surface area contributed by atoms with Crippen molar-refractivity contribution in [3.8, 4) is 0 Å². The molecule has 1 aliphatic heterocycles. The summed E-state index contributed by atoms with van der Waals surface area (Å²) >= 11 is 3.49. The van der Waals surface area contributed by atoms with Crippen molar-refractivity contribution in [1.82, 2.24) is 25.8 Å². The van der Waals surface area contributed by atoms with Crippen molar-refractivity contribution in [3.05, 3.63) is 52.8 Å². The van der Waals surface area contributed by atoms with Crippen molar-refractivity contribution in [3.63, 3.8) is 0 Å². The predicted octanol–water partition coefficient (Wildman–Crippen LogP) is 4.91. The number of halogens is 1. The zero-order valence-electron chi connectivity index (χ0n) is 23.5. The average Bonchev–Trinajstić information content (AvgIpc) is 3.32. The number of nitrogens with one attached hydrogen (secondary N) is 3. The normalized spacial score (nSPS) is 17.3. The number of hydrogen-bond donors (Lipinski definition) is 3. The molecule has 0 aliphatic carbocycles. The first-order chi connectivity index (χ1) is 17.9. The molecule has 1 saturated heterocycles. The van der Waals surface area contributed by atoms with Crippen LogP contribution in [0.5, 0.6) is 0 Å². The summed E-state index contributed by atoms with van der Waals surface area (Å²) in [7, 11) is 1.26. The molecule has 3 N–H and O–H groups in total. The van der Waals surface area contributed by atoms with Crippen LogP contribution in [0.2, 0.25) is 0 Å². The van der Waals surface area contributed by atoms with Gasteiger partial charge < -0.3 is 30.5 Å². The van der Waals surface area contributed by atoms with Gasteiger partial charge in [0.1, 0.15) is 6.04 Å². The summed E-state index contributed by atoms with van der Waals surface area (Å²) < 4.78 is 5.73. The smallest absolute Gasteiger partial charge is 0.407 e. The number of methoxy groups -OCH3 is 1. The summed E-state index contributed by atoms with van der Waals surface area (Å²) in [6.45, 7) is 16.3. The van der Waals surface area contributed by atoms with Crippen LogP contribution in [0.1, 0.15) is 53.5 Å². The van der Waals surface area contributed by atoms with E-state index in [0.29, 0.717) is 5.70 Å². The van der Waals surface area contributed by atoms with E-state index in [0.717, 1.165) is 22.0 Å². The molecule has 0 aromatic heterocycles. The fraction of sp³-hybridized carbons (Fsp3) is 0.536. The number of benzene rings is 1. The van der Waals surface area contributed by atoms with E-state index in [1.54, 1.807) is 9.80 Å². The lowest BCUT2D eigenvalue weighted by atomic mass is 9.93. The van der Waals surface area contributed by atoms with Gasteiger partial charge in [-0.25, -0.2) is 9.59 Å². The number of carbonyl (C=O) groups is 3. The van der Waals surface area contributed by atoms with Crippen LogP contribution in [0.4, 0.5) is 9.59 Å². The maximum absolute atomic E-state index is 13.7. The van der Waals surface area contributed by atoms with E-state index < -0.39 is 18.2 Å². The third kappa shape index (κ3) is 8.24. The van der Waals surface area contributed by atoms with Gasteiger partial charge in [-0.1, -0.05) is 62.3 Å². The molecule has 3 unspecified atom stereocenters. The second-order valence-corrected chi connectivity index (χ2v) is 11.2. The van der Waals surface area contributed by atoms with Crippen molar-refractivity contribution in [1.29, 1.82) is 0 Å². The van der Waals surface area contributed by atoms with Crippen LogP contribution < -0.4 is 16.0 Å². The van der Waals surface area contributed by atoms with E-state index >= 15 is 0 Å². The molecule has 0 saturated carbocycles. The minimum Gasteiger partial charge on any atom is -0.453 e. The third-order valence-electron chi connectivity index (χ3n) is 6.60. The SMILES string of the molecule is C=C(N/C=C(/c1ccc(Br)cc1)C(C)CC)C1CN(C(=O)NC(C)C)CN1C(=O)C(NC(=O)OC)C(C)C. The molecule has 0 bridgehead atoms. The molecule has 1 aromatic carbocycles. The number of nitrogens with zero attached hydrogens (tertiary/aromatic N) is 2. The van der Waals surface area contributed by atoms with Crippen molar-refractivity contribution in [2.45, 2.75) is 66.1 Å². The Morgan fingerprint density at radius 1 is 1.13 bits per heavy atom.